The second kappa shape index (κ2) is 10.8. The van der Waals surface area contributed by atoms with Gasteiger partial charge in [-0.1, -0.05) is 150 Å². The molecule has 6 aromatic carbocycles. The third-order valence-corrected chi connectivity index (χ3v) is 11.1. The first-order valence-corrected chi connectivity index (χ1v) is 17.5. The highest BCUT2D eigenvalue weighted by atomic mass is 15.0. The number of nitrogens with zero attached hydrogens (tertiary/aromatic N) is 3. The van der Waals surface area contributed by atoms with Crippen molar-refractivity contribution < 1.29 is 0 Å². The van der Waals surface area contributed by atoms with Gasteiger partial charge in [0.1, 0.15) is 0 Å². The Labute approximate surface area is 288 Å². The van der Waals surface area contributed by atoms with Crippen LogP contribution in [0.1, 0.15) is 68.9 Å². The van der Waals surface area contributed by atoms with Gasteiger partial charge in [0.2, 0.25) is 0 Å². The number of fused-ring (bicyclic) bond motifs is 7. The van der Waals surface area contributed by atoms with Gasteiger partial charge in [-0.3, -0.25) is 0 Å². The van der Waals surface area contributed by atoms with Gasteiger partial charge in [-0.05, 0) is 79.4 Å². The number of aryl methyl sites for hydroxylation is 1. The number of hydrogen-bond donors (Lipinski definition) is 0. The molecule has 0 saturated carbocycles. The molecule has 7 aromatic rings. The van der Waals surface area contributed by atoms with Gasteiger partial charge in [0.05, 0.1) is 0 Å². The maximum absolute atomic E-state index is 5.26. The summed E-state index contributed by atoms with van der Waals surface area (Å²) in [4.78, 5) is 15.8. The zero-order chi connectivity index (χ0) is 33.5. The quantitative estimate of drug-likeness (QED) is 0.189. The summed E-state index contributed by atoms with van der Waals surface area (Å²) in [6, 6.07) is 44.2. The molecule has 49 heavy (non-hydrogen) atoms. The van der Waals surface area contributed by atoms with E-state index < -0.39 is 0 Å². The van der Waals surface area contributed by atoms with Crippen LogP contribution in [0.2, 0.25) is 0 Å². The lowest BCUT2D eigenvalue weighted by Crippen LogP contribution is -2.15. The van der Waals surface area contributed by atoms with E-state index in [1.807, 2.05) is 0 Å². The molecule has 3 heteroatoms. The molecule has 1 aromatic heterocycles. The lowest BCUT2D eigenvalue weighted by Gasteiger charge is -2.22. The monoisotopic (exact) mass is 633 g/mol. The Kier molecular flexibility index (Phi) is 6.55. The minimum atomic E-state index is -0.119. The summed E-state index contributed by atoms with van der Waals surface area (Å²) in [5.41, 5.74) is 14.7. The average Bonchev–Trinajstić information content (AvgIpc) is 3.51. The standard InChI is InChI=1S/C46H39N3/c1-6-13-28-20-25-37(32-15-8-7-14-31(28)32)44-48-42(29-21-23-35-33-16-9-11-18-38(33)45(2,3)40(35)26-29)47-43(49-44)30-22-24-36-34-17-10-12-19-39(34)46(4,5)41(36)27-30/h7-12,14-27H,6,13H2,1-5H3. The Balaban J connectivity index is 1.26. The normalized spacial score (nSPS) is 14.7. The Hall–Kier alpha value is -5.41. The highest BCUT2D eigenvalue weighted by molar-refractivity contribution is 5.97. The highest BCUT2D eigenvalue weighted by Crippen LogP contribution is 2.51. The lowest BCUT2D eigenvalue weighted by atomic mass is 9.82. The van der Waals surface area contributed by atoms with Gasteiger partial charge in [0, 0.05) is 27.5 Å². The summed E-state index contributed by atoms with van der Waals surface area (Å²) in [5, 5.41) is 2.44. The number of aromatic nitrogens is 3. The van der Waals surface area contributed by atoms with Crippen molar-refractivity contribution in [3.05, 3.63) is 149 Å². The molecule has 0 N–H and O–H groups in total. The molecule has 2 aliphatic rings. The smallest absolute Gasteiger partial charge is 0.164 e. The summed E-state index contributed by atoms with van der Waals surface area (Å²) in [7, 11) is 0. The predicted octanol–water partition coefficient (Wildman–Crippen LogP) is 11.6. The number of rotatable bonds is 5. The molecule has 1 heterocycles. The van der Waals surface area contributed by atoms with Crippen molar-refractivity contribution in [2.75, 3.05) is 0 Å². The molecule has 9 rings (SSSR count). The van der Waals surface area contributed by atoms with Crippen molar-refractivity contribution in [3.63, 3.8) is 0 Å². The van der Waals surface area contributed by atoms with Crippen LogP contribution in [0.3, 0.4) is 0 Å². The van der Waals surface area contributed by atoms with E-state index in [4.69, 9.17) is 15.0 Å². The molecule has 238 valence electrons. The van der Waals surface area contributed by atoms with Gasteiger partial charge < -0.3 is 0 Å². The molecule has 0 aliphatic heterocycles. The van der Waals surface area contributed by atoms with Crippen LogP contribution in [0.4, 0.5) is 0 Å². The van der Waals surface area contributed by atoms with Crippen LogP contribution in [-0.4, -0.2) is 15.0 Å². The fraction of sp³-hybridized carbons (Fsp3) is 0.196. The van der Waals surface area contributed by atoms with Gasteiger partial charge in [-0.25, -0.2) is 15.0 Å². The van der Waals surface area contributed by atoms with Crippen LogP contribution in [0.25, 0.3) is 67.2 Å². The van der Waals surface area contributed by atoms with Crippen molar-refractivity contribution >= 4 is 10.8 Å². The molecule has 3 nitrogen and oxygen atoms in total. The fourth-order valence-electron chi connectivity index (χ4n) is 8.49. The second-order valence-corrected chi connectivity index (χ2v) is 14.7. The number of benzene rings is 6. The lowest BCUT2D eigenvalue weighted by molar-refractivity contribution is 0.660. The Bertz CT molecular complexity index is 2340. The molecule has 0 radical (unpaired) electrons. The summed E-state index contributed by atoms with van der Waals surface area (Å²) < 4.78 is 0. The van der Waals surface area contributed by atoms with E-state index in [1.165, 1.54) is 60.8 Å². The van der Waals surface area contributed by atoms with E-state index in [2.05, 4.69) is 156 Å². The van der Waals surface area contributed by atoms with Gasteiger partial charge >= 0.3 is 0 Å². The van der Waals surface area contributed by atoms with E-state index in [0.717, 1.165) is 29.5 Å². The fourth-order valence-corrected chi connectivity index (χ4v) is 8.49. The molecule has 2 aliphatic carbocycles. The molecule has 0 atom stereocenters. The summed E-state index contributed by atoms with van der Waals surface area (Å²) in [5.74, 6) is 2.09. The van der Waals surface area contributed by atoms with Crippen LogP contribution in [-0.2, 0) is 17.3 Å². The topological polar surface area (TPSA) is 38.7 Å². The minimum absolute atomic E-state index is 0.119. The first kappa shape index (κ1) is 29.7. The van der Waals surface area contributed by atoms with Crippen LogP contribution >= 0.6 is 0 Å². The van der Waals surface area contributed by atoms with Crippen LogP contribution in [0.5, 0.6) is 0 Å². The molecule has 0 unspecified atom stereocenters. The SMILES string of the molecule is CCCc1ccc(-c2nc(-c3ccc4c(c3)C(C)(C)c3ccccc3-4)nc(-c3ccc4c(c3)C(C)(C)c3ccccc3-4)n2)c2ccccc12. The van der Waals surface area contributed by atoms with Gasteiger partial charge in [0.15, 0.2) is 17.5 Å². The summed E-state index contributed by atoms with van der Waals surface area (Å²) in [6.45, 7) is 11.5. The summed E-state index contributed by atoms with van der Waals surface area (Å²) >= 11 is 0. The highest BCUT2D eigenvalue weighted by Gasteiger charge is 2.37. The maximum Gasteiger partial charge on any atom is 0.164 e. The van der Waals surface area contributed by atoms with E-state index in [0.29, 0.717) is 17.5 Å². The van der Waals surface area contributed by atoms with E-state index >= 15 is 0 Å². The van der Waals surface area contributed by atoms with Crippen LogP contribution in [0, 0.1) is 0 Å². The van der Waals surface area contributed by atoms with Crippen molar-refractivity contribution in [1.82, 2.24) is 15.0 Å². The third-order valence-electron chi connectivity index (χ3n) is 11.1. The van der Waals surface area contributed by atoms with Gasteiger partial charge in [-0.2, -0.15) is 0 Å². The molecule has 0 saturated heterocycles. The molecule has 0 spiro atoms. The van der Waals surface area contributed by atoms with Crippen molar-refractivity contribution in [2.24, 2.45) is 0 Å². The largest absolute Gasteiger partial charge is 0.208 e. The van der Waals surface area contributed by atoms with Gasteiger partial charge in [-0.15, -0.1) is 0 Å². The Morgan fingerprint density at radius 3 is 1.43 bits per heavy atom. The van der Waals surface area contributed by atoms with Crippen LogP contribution < -0.4 is 0 Å². The zero-order valence-electron chi connectivity index (χ0n) is 28.8. The molecular weight excluding hydrogens is 595 g/mol. The van der Waals surface area contributed by atoms with Crippen molar-refractivity contribution in [3.8, 4) is 56.4 Å². The molecule has 0 amide bonds. The molecular formula is C46H39N3. The third kappa shape index (κ3) is 4.45. The van der Waals surface area contributed by atoms with Gasteiger partial charge in [0.25, 0.3) is 0 Å². The van der Waals surface area contributed by atoms with E-state index in [1.54, 1.807) is 0 Å². The molecule has 0 bridgehead atoms. The first-order chi connectivity index (χ1) is 23.8. The summed E-state index contributed by atoms with van der Waals surface area (Å²) in [6.07, 6.45) is 2.13. The van der Waals surface area contributed by atoms with E-state index in [-0.39, 0.29) is 10.8 Å². The Morgan fingerprint density at radius 1 is 0.429 bits per heavy atom. The first-order valence-electron chi connectivity index (χ1n) is 17.5. The number of hydrogen-bond acceptors (Lipinski definition) is 3. The van der Waals surface area contributed by atoms with Crippen LogP contribution in [0.15, 0.2) is 121 Å². The van der Waals surface area contributed by atoms with Crippen molar-refractivity contribution in [2.45, 2.75) is 58.3 Å². The minimum Gasteiger partial charge on any atom is -0.208 e. The van der Waals surface area contributed by atoms with Crippen molar-refractivity contribution in [1.29, 1.82) is 0 Å². The zero-order valence-corrected chi connectivity index (χ0v) is 28.8. The maximum atomic E-state index is 5.26. The average molecular weight is 634 g/mol. The Morgan fingerprint density at radius 2 is 0.878 bits per heavy atom. The predicted molar refractivity (Wildman–Crippen MR) is 203 cm³/mol. The second-order valence-electron chi connectivity index (χ2n) is 14.7. The molecule has 0 fully saturated rings. The van der Waals surface area contributed by atoms with E-state index in [9.17, 15) is 0 Å².